The van der Waals surface area contributed by atoms with E-state index in [9.17, 15) is 13.2 Å². The Bertz CT molecular complexity index is 1200. The van der Waals surface area contributed by atoms with Crippen LogP contribution >= 0.6 is 0 Å². The lowest BCUT2D eigenvalue weighted by molar-refractivity contribution is -0.124. The molecule has 2 N–H and O–H groups in total. The summed E-state index contributed by atoms with van der Waals surface area (Å²) in [6.07, 6.45) is 2.59. The lowest BCUT2D eigenvalue weighted by Crippen LogP contribution is -2.49. The number of hydrogen-bond donors (Lipinski definition) is 2. The van der Waals surface area contributed by atoms with E-state index >= 15 is 0 Å². The monoisotopic (exact) mass is 477 g/mol. The molecule has 3 aromatic carbocycles. The van der Waals surface area contributed by atoms with Crippen molar-refractivity contribution >= 4 is 22.0 Å². The van der Waals surface area contributed by atoms with Crippen LogP contribution in [0.5, 0.6) is 0 Å². The van der Waals surface area contributed by atoms with E-state index in [1.54, 1.807) is 18.2 Å². The summed E-state index contributed by atoms with van der Waals surface area (Å²) in [4.78, 5) is 13.7. The first kappa shape index (κ1) is 23.8. The fourth-order valence-corrected chi connectivity index (χ4v) is 5.70. The Balaban J connectivity index is 1.51. The number of nitrogens with zero attached hydrogens (tertiary/aromatic N) is 2. The zero-order valence-electron chi connectivity index (χ0n) is 18.6. The van der Waals surface area contributed by atoms with Gasteiger partial charge in [-0.3, -0.25) is 14.9 Å². The lowest BCUT2D eigenvalue weighted by Gasteiger charge is -2.39. The summed E-state index contributed by atoms with van der Waals surface area (Å²) in [5.74, 6) is -0.684. The molecule has 0 spiro atoms. The standard InChI is InChI=1S/C26H27N3O4S/c30-25(27-31)15-14-21-8-7-13-24(20-21)34(32,33)29-18-16-28(17-19-29)26(22-9-3-1-4-10-22)23-11-5-2-6-12-23/h1-15,20,26,31H,16-19H2,(H,27,30)/b15-14+. The summed E-state index contributed by atoms with van der Waals surface area (Å²) in [5.41, 5.74) is 4.42. The molecule has 0 bridgehead atoms. The Morgan fingerprint density at radius 2 is 1.44 bits per heavy atom. The average Bonchev–Trinajstić information content (AvgIpc) is 2.89. The predicted molar refractivity (Wildman–Crippen MR) is 130 cm³/mol. The number of sulfonamides is 1. The highest BCUT2D eigenvalue weighted by Crippen LogP contribution is 2.30. The van der Waals surface area contributed by atoms with E-state index in [1.807, 2.05) is 36.4 Å². The van der Waals surface area contributed by atoms with E-state index in [0.717, 1.165) is 6.08 Å². The van der Waals surface area contributed by atoms with Gasteiger partial charge in [0.2, 0.25) is 10.0 Å². The van der Waals surface area contributed by atoms with Crippen LogP contribution in [0.1, 0.15) is 22.7 Å². The minimum absolute atomic E-state index is 0.0541. The van der Waals surface area contributed by atoms with Gasteiger partial charge in [0, 0.05) is 32.3 Å². The molecule has 1 aliphatic rings. The van der Waals surface area contributed by atoms with E-state index in [0.29, 0.717) is 31.7 Å². The van der Waals surface area contributed by atoms with Gasteiger partial charge >= 0.3 is 0 Å². The van der Waals surface area contributed by atoms with Crippen molar-refractivity contribution in [1.29, 1.82) is 0 Å². The second-order valence-corrected chi connectivity index (χ2v) is 9.98. The van der Waals surface area contributed by atoms with Gasteiger partial charge in [0.15, 0.2) is 0 Å². The molecule has 1 amide bonds. The zero-order valence-corrected chi connectivity index (χ0v) is 19.4. The van der Waals surface area contributed by atoms with Gasteiger partial charge in [0.25, 0.3) is 5.91 Å². The third-order valence-electron chi connectivity index (χ3n) is 5.90. The van der Waals surface area contributed by atoms with Crippen molar-refractivity contribution in [3.8, 4) is 0 Å². The van der Waals surface area contributed by atoms with E-state index in [-0.39, 0.29) is 10.9 Å². The quantitative estimate of drug-likeness (QED) is 0.310. The second-order valence-electron chi connectivity index (χ2n) is 8.05. The largest absolute Gasteiger partial charge is 0.290 e. The van der Waals surface area contributed by atoms with Crippen LogP contribution < -0.4 is 5.48 Å². The van der Waals surface area contributed by atoms with Gasteiger partial charge in [0.05, 0.1) is 10.9 Å². The number of rotatable bonds is 7. The summed E-state index contributed by atoms with van der Waals surface area (Å²) in [7, 11) is -3.68. The maximum absolute atomic E-state index is 13.3. The maximum atomic E-state index is 13.3. The predicted octanol–water partition coefficient (Wildman–Crippen LogP) is 3.30. The van der Waals surface area contributed by atoms with Crippen molar-refractivity contribution in [3.05, 3.63) is 108 Å². The lowest BCUT2D eigenvalue weighted by atomic mass is 9.96. The SMILES string of the molecule is O=C(/C=C/c1cccc(S(=O)(=O)N2CCN(C(c3ccccc3)c3ccccc3)CC2)c1)NO. The molecule has 8 heteroatoms. The fraction of sp³-hybridized carbons (Fsp3) is 0.192. The van der Waals surface area contributed by atoms with Crippen LogP contribution in [0, 0.1) is 0 Å². The van der Waals surface area contributed by atoms with Crippen molar-refractivity contribution < 1.29 is 18.4 Å². The number of hydroxylamine groups is 1. The van der Waals surface area contributed by atoms with Crippen molar-refractivity contribution in [2.24, 2.45) is 0 Å². The molecule has 1 aliphatic heterocycles. The Labute approximate surface area is 200 Å². The van der Waals surface area contributed by atoms with E-state index in [4.69, 9.17) is 5.21 Å². The minimum Gasteiger partial charge on any atom is -0.290 e. The smallest absolute Gasteiger partial charge is 0.267 e. The Hall–Kier alpha value is -3.30. The molecule has 0 saturated carbocycles. The molecule has 0 atom stereocenters. The zero-order chi connectivity index (χ0) is 24.0. The second kappa shape index (κ2) is 10.8. The molecule has 34 heavy (non-hydrogen) atoms. The molecule has 0 aliphatic carbocycles. The normalized spacial score (nSPS) is 15.6. The molecule has 0 aromatic heterocycles. The summed E-state index contributed by atoms with van der Waals surface area (Å²) >= 11 is 0. The summed E-state index contributed by atoms with van der Waals surface area (Å²) in [5, 5.41) is 8.62. The van der Waals surface area contributed by atoms with Gasteiger partial charge in [-0.2, -0.15) is 4.31 Å². The molecular formula is C26H27N3O4S. The van der Waals surface area contributed by atoms with Gasteiger partial charge in [-0.1, -0.05) is 72.8 Å². The molecule has 0 radical (unpaired) electrons. The van der Waals surface area contributed by atoms with Gasteiger partial charge < -0.3 is 0 Å². The highest BCUT2D eigenvalue weighted by Gasteiger charge is 2.32. The Kier molecular flexibility index (Phi) is 7.54. The summed E-state index contributed by atoms with van der Waals surface area (Å²) in [6.45, 7) is 1.96. The van der Waals surface area contributed by atoms with Crippen molar-refractivity contribution in [2.75, 3.05) is 26.2 Å². The van der Waals surface area contributed by atoms with Gasteiger partial charge in [-0.25, -0.2) is 13.9 Å². The van der Waals surface area contributed by atoms with Crippen LogP contribution in [0.4, 0.5) is 0 Å². The van der Waals surface area contributed by atoms with Crippen LogP contribution in [-0.4, -0.2) is 54.9 Å². The molecule has 1 heterocycles. The van der Waals surface area contributed by atoms with E-state index in [1.165, 1.54) is 33.1 Å². The fourth-order valence-electron chi connectivity index (χ4n) is 4.22. The van der Waals surface area contributed by atoms with Crippen LogP contribution in [0.2, 0.25) is 0 Å². The topological polar surface area (TPSA) is 90.0 Å². The number of amides is 1. The molecule has 4 rings (SSSR count). The van der Waals surface area contributed by atoms with E-state index < -0.39 is 15.9 Å². The number of carbonyl (C=O) groups excluding carboxylic acids is 1. The number of benzene rings is 3. The third kappa shape index (κ3) is 5.43. The highest BCUT2D eigenvalue weighted by atomic mass is 32.2. The first-order valence-corrected chi connectivity index (χ1v) is 12.5. The van der Waals surface area contributed by atoms with Crippen LogP contribution in [0.3, 0.4) is 0 Å². The molecule has 1 saturated heterocycles. The van der Waals surface area contributed by atoms with Crippen molar-refractivity contribution in [1.82, 2.24) is 14.7 Å². The maximum Gasteiger partial charge on any atom is 0.267 e. The molecule has 1 fully saturated rings. The molecular weight excluding hydrogens is 450 g/mol. The van der Waals surface area contributed by atoms with Crippen molar-refractivity contribution in [3.63, 3.8) is 0 Å². The summed E-state index contributed by atoms with van der Waals surface area (Å²) < 4.78 is 28.1. The molecule has 176 valence electrons. The van der Waals surface area contributed by atoms with Crippen molar-refractivity contribution in [2.45, 2.75) is 10.9 Å². The highest BCUT2D eigenvalue weighted by molar-refractivity contribution is 7.89. The Morgan fingerprint density at radius 3 is 2.00 bits per heavy atom. The third-order valence-corrected chi connectivity index (χ3v) is 7.80. The van der Waals surface area contributed by atoms with E-state index in [2.05, 4.69) is 29.2 Å². The molecule has 0 unspecified atom stereocenters. The van der Waals surface area contributed by atoms with Gasteiger partial charge in [-0.15, -0.1) is 0 Å². The average molecular weight is 478 g/mol. The van der Waals surface area contributed by atoms with Crippen LogP contribution in [0.25, 0.3) is 6.08 Å². The van der Waals surface area contributed by atoms with Crippen LogP contribution in [0.15, 0.2) is 95.9 Å². The molecule has 7 nitrogen and oxygen atoms in total. The van der Waals surface area contributed by atoms with Gasteiger partial charge in [-0.05, 0) is 34.9 Å². The van der Waals surface area contributed by atoms with Crippen LogP contribution in [-0.2, 0) is 14.8 Å². The Morgan fingerprint density at radius 1 is 0.853 bits per heavy atom. The number of hydrogen-bond acceptors (Lipinski definition) is 5. The molecule has 3 aromatic rings. The number of carbonyl (C=O) groups is 1. The first-order valence-electron chi connectivity index (χ1n) is 11.1. The van der Waals surface area contributed by atoms with Gasteiger partial charge in [0.1, 0.15) is 0 Å². The number of piperazine rings is 1. The first-order chi connectivity index (χ1) is 16.5. The number of nitrogens with one attached hydrogen (secondary N) is 1. The minimum atomic E-state index is -3.68. The summed E-state index contributed by atoms with van der Waals surface area (Å²) in [6, 6.07) is 27.0.